The molecule has 0 saturated heterocycles. The molecule has 37 heavy (non-hydrogen) atoms. The number of nitrogens with zero attached hydrogens (tertiary/aromatic N) is 4. The highest BCUT2D eigenvalue weighted by Gasteiger charge is 2.18. The molecular formula is C28H26N6O3. The van der Waals surface area contributed by atoms with Crippen LogP contribution in [0.25, 0.3) is 0 Å². The molecule has 3 N–H and O–H groups in total. The van der Waals surface area contributed by atoms with Crippen molar-refractivity contribution < 1.29 is 14.3 Å². The zero-order valence-corrected chi connectivity index (χ0v) is 20.7. The van der Waals surface area contributed by atoms with Crippen molar-refractivity contribution in [2.45, 2.75) is 13.5 Å². The quantitative estimate of drug-likeness (QED) is 0.345. The molecular weight excluding hydrogens is 468 g/mol. The van der Waals surface area contributed by atoms with Crippen molar-refractivity contribution in [1.29, 1.82) is 5.26 Å². The van der Waals surface area contributed by atoms with Crippen molar-refractivity contribution in [2.24, 2.45) is 0 Å². The van der Waals surface area contributed by atoms with E-state index in [9.17, 15) is 10.1 Å². The third kappa shape index (κ3) is 6.13. The summed E-state index contributed by atoms with van der Waals surface area (Å²) in [7, 11) is 3.35. The van der Waals surface area contributed by atoms with Crippen LogP contribution in [0.4, 0.5) is 11.5 Å². The Morgan fingerprint density at radius 2 is 1.81 bits per heavy atom. The van der Waals surface area contributed by atoms with Gasteiger partial charge in [-0.25, -0.2) is 0 Å². The average molecular weight is 495 g/mol. The number of rotatable bonds is 8. The smallest absolute Gasteiger partial charge is 0.327 e. The first-order valence-electron chi connectivity index (χ1n) is 11.5. The molecule has 0 radical (unpaired) electrons. The number of nitrogens with two attached hydrogens (primary N) is 1. The van der Waals surface area contributed by atoms with E-state index in [1.54, 1.807) is 56.6 Å². The summed E-state index contributed by atoms with van der Waals surface area (Å²) in [5.41, 5.74) is 9.29. The minimum Gasteiger partial charge on any atom is -0.437 e. The fourth-order valence-corrected chi connectivity index (χ4v) is 3.41. The molecule has 9 heteroatoms. The zero-order valence-electron chi connectivity index (χ0n) is 20.7. The molecule has 186 valence electrons. The van der Waals surface area contributed by atoms with Gasteiger partial charge >= 0.3 is 6.01 Å². The van der Waals surface area contributed by atoms with Gasteiger partial charge in [0, 0.05) is 26.2 Å². The molecule has 1 heterocycles. The number of amides is 1. The van der Waals surface area contributed by atoms with Crippen LogP contribution in [-0.2, 0) is 6.54 Å². The van der Waals surface area contributed by atoms with Gasteiger partial charge in [0.15, 0.2) is 5.82 Å². The fraction of sp³-hybridized carbons (Fsp3) is 0.143. The molecule has 4 rings (SSSR count). The van der Waals surface area contributed by atoms with Gasteiger partial charge in [-0.1, -0.05) is 42.5 Å². The van der Waals surface area contributed by atoms with E-state index in [1.807, 2.05) is 37.3 Å². The predicted molar refractivity (Wildman–Crippen MR) is 141 cm³/mol. The fourth-order valence-electron chi connectivity index (χ4n) is 3.41. The van der Waals surface area contributed by atoms with Crippen LogP contribution in [0.2, 0.25) is 0 Å². The largest absolute Gasteiger partial charge is 0.437 e. The molecule has 9 nitrogen and oxygen atoms in total. The molecule has 0 atom stereocenters. The van der Waals surface area contributed by atoms with E-state index in [4.69, 9.17) is 15.2 Å². The first-order valence-corrected chi connectivity index (χ1v) is 11.5. The van der Waals surface area contributed by atoms with Crippen LogP contribution in [-0.4, -0.2) is 34.9 Å². The van der Waals surface area contributed by atoms with Crippen molar-refractivity contribution in [3.63, 3.8) is 0 Å². The average Bonchev–Trinajstić information content (AvgIpc) is 2.91. The lowest BCUT2D eigenvalue weighted by Gasteiger charge is -2.16. The van der Waals surface area contributed by atoms with Crippen LogP contribution in [0, 0.1) is 18.3 Å². The predicted octanol–water partition coefficient (Wildman–Crippen LogP) is 5.14. The number of nitrogens with one attached hydrogen (secondary N) is 1. The number of nitriles is 1. The molecule has 0 fully saturated rings. The van der Waals surface area contributed by atoms with E-state index in [2.05, 4.69) is 21.4 Å². The van der Waals surface area contributed by atoms with E-state index in [0.717, 1.165) is 11.1 Å². The number of aromatic nitrogens is 2. The van der Waals surface area contributed by atoms with E-state index < -0.39 is 0 Å². The van der Waals surface area contributed by atoms with Crippen LogP contribution >= 0.6 is 0 Å². The van der Waals surface area contributed by atoms with Gasteiger partial charge in [0.2, 0.25) is 0 Å². The van der Waals surface area contributed by atoms with Gasteiger partial charge in [0.05, 0.1) is 11.6 Å². The second-order valence-electron chi connectivity index (χ2n) is 8.44. The van der Waals surface area contributed by atoms with Crippen LogP contribution in [0.15, 0.2) is 72.8 Å². The van der Waals surface area contributed by atoms with E-state index in [0.29, 0.717) is 35.0 Å². The lowest BCUT2D eigenvalue weighted by atomic mass is 10.1. The maximum atomic E-state index is 12.4. The lowest BCUT2D eigenvalue weighted by molar-refractivity contribution is 0.0827. The molecule has 0 saturated carbocycles. The standard InChI is InChI=1S/C28H26N6O3/c1-18-12-13-20(16-29)14-23(18)37-28-32-25(31-17-19-8-5-4-6-9-19)24(30)26(33-28)36-22-11-7-10-21(15-22)27(35)34(2)3/h4-15H,17,30H2,1-3H3,(H,31,32,33). The van der Waals surface area contributed by atoms with Crippen molar-refractivity contribution in [2.75, 3.05) is 25.1 Å². The zero-order chi connectivity index (χ0) is 26.4. The summed E-state index contributed by atoms with van der Waals surface area (Å²) < 4.78 is 12.0. The van der Waals surface area contributed by atoms with Crippen molar-refractivity contribution in [3.8, 4) is 29.5 Å². The van der Waals surface area contributed by atoms with Crippen molar-refractivity contribution >= 4 is 17.4 Å². The Morgan fingerprint density at radius 1 is 1.03 bits per heavy atom. The summed E-state index contributed by atoms with van der Waals surface area (Å²) in [5, 5.41) is 12.5. The molecule has 1 amide bonds. The van der Waals surface area contributed by atoms with E-state index >= 15 is 0 Å². The van der Waals surface area contributed by atoms with Gasteiger partial charge < -0.3 is 25.4 Å². The van der Waals surface area contributed by atoms with Gasteiger partial charge in [-0.05, 0) is 48.4 Å². The number of hydrogen-bond acceptors (Lipinski definition) is 8. The van der Waals surface area contributed by atoms with Gasteiger partial charge in [-0.2, -0.15) is 15.2 Å². The third-order valence-electron chi connectivity index (χ3n) is 5.41. The maximum absolute atomic E-state index is 12.4. The normalized spacial score (nSPS) is 10.3. The number of aryl methyl sites for hydroxylation is 1. The second-order valence-corrected chi connectivity index (χ2v) is 8.44. The summed E-state index contributed by atoms with van der Waals surface area (Å²) in [6.07, 6.45) is 0. The number of carbonyl (C=O) groups excluding carboxylic acids is 1. The Hall–Kier alpha value is -5.10. The van der Waals surface area contributed by atoms with Crippen molar-refractivity contribution in [3.05, 3.63) is 95.1 Å². The molecule has 1 aromatic heterocycles. The number of ether oxygens (including phenoxy) is 2. The van der Waals surface area contributed by atoms with Gasteiger partial charge in [0.25, 0.3) is 11.8 Å². The third-order valence-corrected chi connectivity index (χ3v) is 5.41. The summed E-state index contributed by atoms with van der Waals surface area (Å²) in [5.74, 6) is 1.02. The van der Waals surface area contributed by atoms with Crippen LogP contribution in [0.1, 0.15) is 27.0 Å². The number of hydrogen-bond donors (Lipinski definition) is 2. The summed E-state index contributed by atoms with van der Waals surface area (Å²) in [6.45, 7) is 2.31. The highest BCUT2D eigenvalue weighted by molar-refractivity contribution is 5.94. The minimum atomic E-state index is -0.164. The van der Waals surface area contributed by atoms with Gasteiger partial charge in [0.1, 0.15) is 17.2 Å². The van der Waals surface area contributed by atoms with E-state index in [-0.39, 0.29) is 23.5 Å². The number of benzene rings is 3. The molecule has 3 aromatic carbocycles. The summed E-state index contributed by atoms with van der Waals surface area (Å²) >= 11 is 0. The topological polar surface area (TPSA) is 126 Å². The lowest BCUT2D eigenvalue weighted by Crippen LogP contribution is -2.21. The first kappa shape index (κ1) is 25.0. The van der Waals surface area contributed by atoms with Crippen LogP contribution < -0.4 is 20.5 Å². The summed E-state index contributed by atoms with van der Waals surface area (Å²) in [6, 6.07) is 23.7. The van der Waals surface area contributed by atoms with Crippen LogP contribution in [0.5, 0.6) is 23.4 Å². The second kappa shape index (κ2) is 11.1. The Morgan fingerprint density at radius 3 is 2.54 bits per heavy atom. The molecule has 0 unspecified atom stereocenters. The Bertz CT molecular complexity index is 1460. The molecule has 4 aromatic rings. The van der Waals surface area contributed by atoms with Gasteiger partial charge in [-0.15, -0.1) is 0 Å². The van der Waals surface area contributed by atoms with Gasteiger partial charge in [-0.3, -0.25) is 4.79 Å². The Labute approximate surface area is 215 Å². The Kier molecular flexibility index (Phi) is 7.50. The highest BCUT2D eigenvalue weighted by atomic mass is 16.5. The monoisotopic (exact) mass is 494 g/mol. The number of nitrogen functional groups attached to an aromatic ring is 1. The molecule has 0 aliphatic heterocycles. The highest BCUT2D eigenvalue weighted by Crippen LogP contribution is 2.34. The minimum absolute atomic E-state index is 0.0153. The van der Waals surface area contributed by atoms with E-state index in [1.165, 1.54) is 4.90 Å². The Balaban J connectivity index is 1.70. The number of carbonyl (C=O) groups is 1. The number of anilines is 2. The molecule has 0 aliphatic carbocycles. The maximum Gasteiger partial charge on any atom is 0.327 e. The first-order chi connectivity index (χ1) is 17.8. The van der Waals surface area contributed by atoms with Crippen molar-refractivity contribution in [1.82, 2.24) is 14.9 Å². The molecule has 0 spiro atoms. The molecule has 0 bridgehead atoms. The molecule has 0 aliphatic rings. The summed E-state index contributed by atoms with van der Waals surface area (Å²) in [4.78, 5) is 22.7. The van der Waals surface area contributed by atoms with Crippen LogP contribution in [0.3, 0.4) is 0 Å². The SMILES string of the molecule is Cc1ccc(C#N)cc1Oc1nc(NCc2ccccc2)c(N)c(Oc2cccc(C(=O)N(C)C)c2)n1.